The molecule has 0 aliphatic carbocycles. The summed E-state index contributed by atoms with van der Waals surface area (Å²) in [6.45, 7) is -0.130. The van der Waals surface area contributed by atoms with Crippen molar-refractivity contribution < 1.29 is 31.9 Å². The number of benzene rings is 1. The molecule has 0 aromatic heterocycles. The van der Waals surface area contributed by atoms with Crippen LogP contribution in [0.25, 0.3) is 0 Å². The number of carbonyl (C=O) groups excluding carboxylic acids is 2. The second kappa shape index (κ2) is 6.27. The number of hydrogen-bond donors (Lipinski definition) is 0. The number of anilines is 1. The lowest BCUT2D eigenvalue weighted by molar-refractivity contribution is -0.119. The van der Waals surface area contributed by atoms with Crippen LogP contribution in [0.2, 0.25) is 5.02 Å². The Labute approximate surface area is 149 Å². The largest absolute Gasteiger partial charge is 0.465 e. The highest BCUT2D eigenvalue weighted by Crippen LogP contribution is 2.36. The van der Waals surface area contributed by atoms with Gasteiger partial charge in [-0.05, 0) is 12.1 Å². The highest BCUT2D eigenvalue weighted by Gasteiger charge is 2.47. The quantitative estimate of drug-likeness (QED) is 0.574. The van der Waals surface area contributed by atoms with Crippen molar-refractivity contribution in [1.82, 2.24) is 4.90 Å². The average Bonchev–Trinajstić information content (AvgIpc) is 3.02. The topological polar surface area (TPSA) is 62.2 Å². The molecule has 0 spiro atoms. The van der Waals surface area contributed by atoms with Crippen LogP contribution in [0.15, 0.2) is 28.9 Å². The number of hydrogen-bond acceptors (Lipinski definition) is 5. The number of fused-ring (bicyclic) bond motifs is 1. The highest BCUT2D eigenvalue weighted by atomic mass is 35.5. The summed E-state index contributed by atoms with van der Waals surface area (Å²) in [7, 11) is 1.08. The Hall–Kier alpha value is -2.62. The number of rotatable bonds is 2. The van der Waals surface area contributed by atoms with Gasteiger partial charge in [-0.3, -0.25) is 9.79 Å². The number of allylic oxidation sites excluding steroid dienone is 1. The maximum Gasteiger partial charge on any atom is 0.431 e. The zero-order valence-corrected chi connectivity index (χ0v) is 13.9. The predicted molar refractivity (Wildman–Crippen MR) is 83.4 cm³/mol. The second-order valence-corrected chi connectivity index (χ2v) is 5.72. The molecule has 138 valence electrons. The van der Waals surface area contributed by atoms with Gasteiger partial charge in [-0.2, -0.15) is 13.2 Å². The number of amides is 1. The maximum atomic E-state index is 14.4. The van der Waals surface area contributed by atoms with Crippen LogP contribution in [-0.2, 0) is 9.53 Å². The molecule has 0 saturated carbocycles. The van der Waals surface area contributed by atoms with E-state index in [1.54, 1.807) is 0 Å². The minimum atomic E-state index is -4.78. The van der Waals surface area contributed by atoms with Gasteiger partial charge in [0.25, 0.3) is 5.91 Å². The highest BCUT2D eigenvalue weighted by molar-refractivity contribution is 6.34. The number of alkyl halides is 3. The Balaban J connectivity index is 2.15. The Bertz CT molecular complexity index is 866. The van der Waals surface area contributed by atoms with Crippen LogP contribution in [-0.4, -0.2) is 49.1 Å². The van der Waals surface area contributed by atoms with Gasteiger partial charge in [-0.1, -0.05) is 11.6 Å². The summed E-state index contributed by atoms with van der Waals surface area (Å²) in [5.74, 6) is -3.42. The smallest absolute Gasteiger partial charge is 0.431 e. The summed E-state index contributed by atoms with van der Waals surface area (Å²) in [5.41, 5.74) is -1.88. The number of nitrogens with zero attached hydrogens (tertiary/aromatic N) is 3. The Kier molecular flexibility index (Phi) is 4.39. The van der Waals surface area contributed by atoms with Gasteiger partial charge in [0.2, 0.25) is 5.96 Å². The molecule has 1 aromatic rings. The van der Waals surface area contributed by atoms with Crippen LogP contribution in [0, 0.1) is 5.82 Å². The first-order valence-electron chi connectivity index (χ1n) is 7.17. The average molecular weight is 392 g/mol. The molecular formula is C15H10ClF4N3O3. The van der Waals surface area contributed by atoms with Crippen LogP contribution in [0.1, 0.15) is 10.4 Å². The molecular weight excluding hydrogens is 382 g/mol. The fraction of sp³-hybridized carbons (Fsp3) is 0.267. The minimum Gasteiger partial charge on any atom is -0.465 e. The Morgan fingerprint density at radius 3 is 2.65 bits per heavy atom. The van der Waals surface area contributed by atoms with E-state index in [0.717, 1.165) is 24.1 Å². The summed E-state index contributed by atoms with van der Waals surface area (Å²) in [5, 5.41) is -0.265. The second-order valence-electron chi connectivity index (χ2n) is 5.31. The third-order valence-corrected chi connectivity index (χ3v) is 4.08. The SMILES string of the molecule is COC(=O)c1cc(N2C(=O)C=C(C(F)(F)F)N3CCN=C32)c(F)cc1Cl. The van der Waals surface area contributed by atoms with E-state index in [2.05, 4.69) is 9.73 Å². The molecule has 0 N–H and O–H groups in total. The normalized spacial score (nSPS) is 17.1. The zero-order valence-electron chi connectivity index (χ0n) is 13.1. The van der Waals surface area contributed by atoms with Crippen molar-refractivity contribution in [2.75, 3.05) is 25.1 Å². The number of methoxy groups -OCH3 is 1. The number of aliphatic imine (C=N–C) groups is 1. The van der Waals surface area contributed by atoms with E-state index < -0.39 is 35.3 Å². The van der Waals surface area contributed by atoms with Crippen LogP contribution >= 0.6 is 11.6 Å². The van der Waals surface area contributed by atoms with E-state index in [0.29, 0.717) is 11.0 Å². The van der Waals surface area contributed by atoms with Gasteiger partial charge in [0, 0.05) is 12.6 Å². The van der Waals surface area contributed by atoms with Gasteiger partial charge in [-0.15, -0.1) is 0 Å². The van der Waals surface area contributed by atoms with Crippen LogP contribution in [0.5, 0.6) is 0 Å². The molecule has 0 fully saturated rings. The third kappa shape index (κ3) is 2.90. The predicted octanol–water partition coefficient (Wildman–Crippen LogP) is 2.73. The van der Waals surface area contributed by atoms with Gasteiger partial charge in [0.05, 0.1) is 29.9 Å². The van der Waals surface area contributed by atoms with E-state index in [1.807, 2.05) is 0 Å². The first kappa shape index (κ1) is 18.2. The van der Waals surface area contributed by atoms with Gasteiger partial charge in [0.15, 0.2) is 0 Å². The summed E-state index contributed by atoms with van der Waals surface area (Å²) in [6.07, 6.45) is -4.42. The number of esters is 1. The number of halogens is 5. The minimum absolute atomic E-state index is 0.00833. The van der Waals surface area contributed by atoms with E-state index in [1.165, 1.54) is 0 Å². The molecule has 0 saturated heterocycles. The van der Waals surface area contributed by atoms with Crippen LogP contribution < -0.4 is 4.90 Å². The van der Waals surface area contributed by atoms with E-state index in [9.17, 15) is 27.2 Å². The molecule has 0 unspecified atom stereocenters. The monoisotopic (exact) mass is 391 g/mol. The van der Waals surface area contributed by atoms with E-state index >= 15 is 0 Å². The lowest BCUT2D eigenvalue weighted by atomic mass is 10.1. The molecule has 2 heterocycles. The molecule has 1 aromatic carbocycles. The van der Waals surface area contributed by atoms with Crippen molar-refractivity contribution in [3.63, 3.8) is 0 Å². The van der Waals surface area contributed by atoms with Crippen molar-refractivity contribution >= 4 is 35.1 Å². The molecule has 0 bridgehead atoms. The molecule has 2 aliphatic rings. The van der Waals surface area contributed by atoms with Crippen LogP contribution in [0.3, 0.4) is 0 Å². The van der Waals surface area contributed by atoms with Crippen LogP contribution in [0.4, 0.5) is 23.2 Å². The van der Waals surface area contributed by atoms with Gasteiger partial charge in [-0.25, -0.2) is 14.1 Å². The summed E-state index contributed by atoms with van der Waals surface area (Å²) in [4.78, 5) is 29.4. The molecule has 6 nitrogen and oxygen atoms in total. The first-order valence-corrected chi connectivity index (χ1v) is 7.55. The van der Waals surface area contributed by atoms with Crippen molar-refractivity contribution in [2.24, 2.45) is 4.99 Å². The molecule has 26 heavy (non-hydrogen) atoms. The van der Waals surface area contributed by atoms with Crippen molar-refractivity contribution in [3.8, 4) is 0 Å². The van der Waals surface area contributed by atoms with Crippen molar-refractivity contribution in [3.05, 3.63) is 40.3 Å². The molecule has 1 amide bonds. The third-order valence-electron chi connectivity index (χ3n) is 3.76. The standard InChI is InChI=1S/C15H10ClF4N3O3/c1-26-13(25)7-4-10(9(17)5-8(7)16)23-12(24)6-11(15(18,19)20)22-3-2-21-14(22)23/h4-6H,2-3H2,1H3. The first-order chi connectivity index (χ1) is 12.1. The Morgan fingerprint density at radius 1 is 1.35 bits per heavy atom. The molecule has 3 rings (SSSR count). The fourth-order valence-electron chi connectivity index (χ4n) is 2.65. The van der Waals surface area contributed by atoms with E-state index in [-0.39, 0.29) is 29.6 Å². The van der Waals surface area contributed by atoms with Crippen molar-refractivity contribution in [2.45, 2.75) is 6.18 Å². The van der Waals surface area contributed by atoms with E-state index in [4.69, 9.17) is 11.6 Å². The van der Waals surface area contributed by atoms with Gasteiger partial charge < -0.3 is 9.64 Å². The summed E-state index contributed by atoms with van der Waals surface area (Å²) >= 11 is 5.80. The summed E-state index contributed by atoms with van der Waals surface area (Å²) < 4.78 is 58.3. The number of ether oxygens (including phenoxy) is 1. The molecule has 0 radical (unpaired) electrons. The van der Waals surface area contributed by atoms with Crippen molar-refractivity contribution in [1.29, 1.82) is 0 Å². The number of guanidine groups is 1. The van der Waals surface area contributed by atoms with Gasteiger partial charge in [0.1, 0.15) is 11.5 Å². The lowest BCUT2D eigenvalue weighted by Crippen LogP contribution is -2.51. The lowest BCUT2D eigenvalue weighted by Gasteiger charge is -2.35. The summed E-state index contributed by atoms with van der Waals surface area (Å²) in [6, 6.07) is 1.71. The molecule has 11 heteroatoms. The Morgan fingerprint density at radius 2 is 2.04 bits per heavy atom. The zero-order chi connectivity index (χ0) is 19.2. The molecule has 2 aliphatic heterocycles. The number of carbonyl (C=O) groups is 2. The van der Waals surface area contributed by atoms with Gasteiger partial charge >= 0.3 is 12.1 Å². The fourth-order valence-corrected chi connectivity index (χ4v) is 2.88. The molecule has 0 atom stereocenters. The maximum absolute atomic E-state index is 14.4.